The molecule has 1 aliphatic heterocycles. The summed E-state index contributed by atoms with van der Waals surface area (Å²) in [7, 11) is -3.70. The van der Waals surface area contributed by atoms with E-state index in [1.807, 2.05) is 0 Å². The summed E-state index contributed by atoms with van der Waals surface area (Å²) in [5.41, 5.74) is -0.171. The van der Waals surface area contributed by atoms with E-state index in [0.29, 0.717) is 26.2 Å². The zero-order valence-corrected chi connectivity index (χ0v) is 13.7. The maximum atomic E-state index is 14.0. The Morgan fingerprint density at radius 3 is 2.36 bits per heavy atom. The highest BCUT2D eigenvalue weighted by atomic mass is 32.2. The van der Waals surface area contributed by atoms with Gasteiger partial charge in [-0.2, -0.15) is 4.31 Å². The second-order valence-electron chi connectivity index (χ2n) is 5.23. The molecule has 1 aromatic carbocycles. The molecule has 0 aliphatic carbocycles. The molecule has 1 fully saturated rings. The molecule has 0 bridgehead atoms. The second kappa shape index (κ2) is 6.75. The van der Waals surface area contributed by atoms with Crippen LogP contribution in [0.5, 0.6) is 0 Å². The Bertz CT molecular complexity index is 651. The van der Waals surface area contributed by atoms with E-state index in [4.69, 9.17) is 0 Å². The predicted molar refractivity (Wildman–Crippen MR) is 81.6 cm³/mol. The summed E-state index contributed by atoms with van der Waals surface area (Å²) < 4.78 is 40.2. The van der Waals surface area contributed by atoms with Crippen molar-refractivity contribution in [2.45, 2.75) is 31.6 Å². The summed E-state index contributed by atoms with van der Waals surface area (Å²) in [5, 5.41) is 0. The van der Waals surface area contributed by atoms with Gasteiger partial charge in [0, 0.05) is 26.2 Å². The lowest BCUT2D eigenvalue weighted by molar-refractivity contribution is 0.0788. The van der Waals surface area contributed by atoms with E-state index in [1.165, 1.54) is 10.4 Å². The van der Waals surface area contributed by atoms with Crippen LogP contribution in [-0.4, -0.2) is 49.7 Å². The fraction of sp³-hybridized carbons (Fsp3) is 0.533. The van der Waals surface area contributed by atoms with Crippen LogP contribution in [0, 0.1) is 5.82 Å². The third-order valence-electron chi connectivity index (χ3n) is 3.90. The fourth-order valence-electron chi connectivity index (χ4n) is 2.63. The minimum atomic E-state index is -3.70. The Hall–Kier alpha value is -1.47. The van der Waals surface area contributed by atoms with E-state index in [-0.39, 0.29) is 10.5 Å². The monoisotopic (exact) mass is 328 g/mol. The SMILES string of the molecule is CCN(CC)S(=O)(=O)c1ccc(F)c(C(=O)N2CCCC2)c1. The highest BCUT2D eigenvalue weighted by molar-refractivity contribution is 7.89. The molecule has 2 rings (SSSR count). The van der Waals surface area contributed by atoms with Crippen LogP contribution in [0.15, 0.2) is 23.1 Å². The van der Waals surface area contributed by atoms with Crippen molar-refractivity contribution in [3.05, 3.63) is 29.6 Å². The van der Waals surface area contributed by atoms with Crippen LogP contribution >= 0.6 is 0 Å². The van der Waals surface area contributed by atoms with Gasteiger partial charge < -0.3 is 4.90 Å². The van der Waals surface area contributed by atoms with Gasteiger partial charge in [-0.05, 0) is 31.0 Å². The van der Waals surface area contributed by atoms with Gasteiger partial charge >= 0.3 is 0 Å². The molecule has 0 spiro atoms. The summed E-state index contributed by atoms with van der Waals surface area (Å²) in [6.07, 6.45) is 1.79. The number of benzene rings is 1. The molecule has 1 aromatic rings. The lowest BCUT2D eigenvalue weighted by Gasteiger charge is -2.20. The van der Waals surface area contributed by atoms with Crippen molar-refractivity contribution in [1.29, 1.82) is 0 Å². The van der Waals surface area contributed by atoms with Crippen molar-refractivity contribution < 1.29 is 17.6 Å². The minimum absolute atomic E-state index is 0.0415. The third-order valence-corrected chi connectivity index (χ3v) is 5.95. The molecule has 122 valence electrons. The number of carbonyl (C=O) groups is 1. The topological polar surface area (TPSA) is 57.7 Å². The van der Waals surface area contributed by atoms with Crippen LogP contribution in [0.2, 0.25) is 0 Å². The Balaban J connectivity index is 2.40. The summed E-state index contributed by atoms with van der Waals surface area (Å²) in [6, 6.07) is 3.42. The second-order valence-corrected chi connectivity index (χ2v) is 7.17. The number of hydrogen-bond acceptors (Lipinski definition) is 3. The molecule has 0 atom stereocenters. The van der Waals surface area contributed by atoms with E-state index in [9.17, 15) is 17.6 Å². The molecular weight excluding hydrogens is 307 g/mol. The first-order chi connectivity index (χ1) is 10.4. The maximum absolute atomic E-state index is 14.0. The first-order valence-corrected chi connectivity index (χ1v) is 8.94. The number of amides is 1. The normalized spacial score (nSPS) is 15.5. The molecule has 1 heterocycles. The molecular formula is C15H21FN2O3S. The van der Waals surface area contributed by atoms with Crippen LogP contribution in [-0.2, 0) is 10.0 Å². The number of sulfonamides is 1. The van der Waals surface area contributed by atoms with Crippen molar-refractivity contribution in [3.63, 3.8) is 0 Å². The van der Waals surface area contributed by atoms with E-state index in [2.05, 4.69) is 0 Å². The lowest BCUT2D eigenvalue weighted by Crippen LogP contribution is -2.32. The molecule has 1 aliphatic rings. The van der Waals surface area contributed by atoms with Gasteiger partial charge in [-0.1, -0.05) is 13.8 Å². The molecule has 0 N–H and O–H groups in total. The predicted octanol–water partition coefficient (Wildman–Crippen LogP) is 2.09. The van der Waals surface area contributed by atoms with Gasteiger partial charge in [-0.3, -0.25) is 4.79 Å². The summed E-state index contributed by atoms with van der Waals surface area (Å²) in [6.45, 7) is 5.30. The van der Waals surface area contributed by atoms with Crippen LogP contribution in [0.1, 0.15) is 37.0 Å². The van der Waals surface area contributed by atoms with Crippen LogP contribution in [0.25, 0.3) is 0 Å². The number of halogens is 1. The van der Waals surface area contributed by atoms with Gasteiger partial charge in [0.1, 0.15) is 5.82 Å². The molecule has 5 nitrogen and oxygen atoms in total. The average molecular weight is 328 g/mol. The standard InChI is InChI=1S/C15H21FN2O3S/c1-3-18(4-2)22(20,21)12-7-8-14(16)13(11-12)15(19)17-9-5-6-10-17/h7-8,11H,3-6,9-10H2,1-2H3. The van der Waals surface area contributed by atoms with E-state index >= 15 is 0 Å². The minimum Gasteiger partial charge on any atom is -0.339 e. The zero-order valence-electron chi connectivity index (χ0n) is 12.9. The Morgan fingerprint density at radius 2 is 1.82 bits per heavy atom. The molecule has 0 saturated carbocycles. The number of nitrogens with zero attached hydrogens (tertiary/aromatic N) is 2. The Labute approximate surface area is 130 Å². The number of hydrogen-bond donors (Lipinski definition) is 0. The number of carbonyl (C=O) groups excluding carboxylic acids is 1. The van der Waals surface area contributed by atoms with Gasteiger partial charge in [0.2, 0.25) is 10.0 Å². The third kappa shape index (κ3) is 3.15. The fourth-order valence-corrected chi connectivity index (χ4v) is 4.12. The Kier molecular flexibility index (Phi) is 5.18. The van der Waals surface area contributed by atoms with Gasteiger partial charge in [-0.15, -0.1) is 0 Å². The van der Waals surface area contributed by atoms with Gasteiger partial charge in [0.25, 0.3) is 5.91 Å². The largest absolute Gasteiger partial charge is 0.339 e. The van der Waals surface area contributed by atoms with Crippen LogP contribution in [0.4, 0.5) is 4.39 Å². The average Bonchev–Trinajstić information content (AvgIpc) is 3.02. The summed E-state index contributed by atoms with van der Waals surface area (Å²) in [4.78, 5) is 13.9. The van der Waals surface area contributed by atoms with Crippen molar-refractivity contribution in [2.75, 3.05) is 26.2 Å². The highest BCUT2D eigenvalue weighted by Crippen LogP contribution is 2.21. The highest BCUT2D eigenvalue weighted by Gasteiger charge is 2.27. The van der Waals surface area contributed by atoms with E-state index in [1.54, 1.807) is 18.7 Å². The number of likely N-dealkylation sites (tertiary alicyclic amines) is 1. The summed E-state index contributed by atoms with van der Waals surface area (Å²) in [5.74, 6) is -1.12. The summed E-state index contributed by atoms with van der Waals surface area (Å²) >= 11 is 0. The first kappa shape index (κ1) is 16.9. The van der Waals surface area contributed by atoms with Gasteiger partial charge in [0.05, 0.1) is 10.5 Å². The van der Waals surface area contributed by atoms with Crippen molar-refractivity contribution in [2.24, 2.45) is 0 Å². The van der Waals surface area contributed by atoms with E-state index < -0.39 is 21.7 Å². The molecule has 1 saturated heterocycles. The molecule has 0 radical (unpaired) electrons. The maximum Gasteiger partial charge on any atom is 0.256 e. The molecule has 1 amide bonds. The van der Waals surface area contributed by atoms with E-state index in [0.717, 1.165) is 25.0 Å². The molecule has 7 heteroatoms. The van der Waals surface area contributed by atoms with Crippen molar-refractivity contribution in [3.8, 4) is 0 Å². The van der Waals surface area contributed by atoms with Crippen LogP contribution in [0.3, 0.4) is 0 Å². The number of rotatable bonds is 5. The Morgan fingerprint density at radius 1 is 1.23 bits per heavy atom. The van der Waals surface area contributed by atoms with Crippen molar-refractivity contribution in [1.82, 2.24) is 9.21 Å². The lowest BCUT2D eigenvalue weighted by atomic mass is 10.2. The smallest absolute Gasteiger partial charge is 0.256 e. The zero-order chi connectivity index (χ0) is 16.3. The van der Waals surface area contributed by atoms with Gasteiger partial charge in [-0.25, -0.2) is 12.8 Å². The molecule has 0 aromatic heterocycles. The van der Waals surface area contributed by atoms with Crippen molar-refractivity contribution >= 4 is 15.9 Å². The first-order valence-electron chi connectivity index (χ1n) is 7.50. The van der Waals surface area contributed by atoms with Crippen LogP contribution < -0.4 is 0 Å². The molecule has 22 heavy (non-hydrogen) atoms. The quantitative estimate of drug-likeness (QED) is 0.832. The van der Waals surface area contributed by atoms with Gasteiger partial charge in [0.15, 0.2) is 0 Å². The molecule has 0 unspecified atom stereocenters.